The van der Waals surface area contributed by atoms with E-state index in [1.165, 1.54) is 60.5 Å². The Kier molecular flexibility index (Phi) is 3.80. The number of rotatable bonds is 2. The van der Waals surface area contributed by atoms with Crippen LogP contribution >= 0.6 is 0 Å². The van der Waals surface area contributed by atoms with E-state index in [1.54, 1.807) is 0 Å². The van der Waals surface area contributed by atoms with Crippen LogP contribution in [0.5, 0.6) is 0 Å². The SMILES string of the molecule is Cc1ccc2c3ccc(-n4c5ccccc5c5ccccc54)cc3n(-c3ccccc3)c2c1. The van der Waals surface area contributed by atoms with Crippen molar-refractivity contribution in [2.75, 3.05) is 0 Å². The highest BCUT2D eigenvalue weighted by Crippen LogP contribution is 2.36. The number of benzene rings is 5. The Morgan fingerprint density at radius 2 is 0.909 bits per heavy atom. The molecule has 0 N–H and O–H groups in total. The zero-order chi connectivity index (χ0) is 21.9. The number of hydrogen-bond acceptors (Lipinski definition) is 0. The summed E-state index contributed by atoms with van der Waals surface area (Å²) in [6, 6.07) is 41.7. The van der Waals surface area contributed by atoms with Gasteiger partial charge in [0.05, 0.1) is 22.1 Å². The van der Waals surface area contributed by atoms with Crippen molar-refractivity contribution in [1.82, 2.24) is 9.13 Å². The first kappa shape index (κ1) is 18.3. The van der Waals surface area contributed by atoms with Crippen molar-refractivity contribution in [3.8, 4) is 11.4 Å². The summed E-state index contributed by atoms with van der Waals surface area (Å²) < 4.78 is 4.79. The van der Waals surface area contributed by atoms with Crippen LogP contribution in [0.25, 0.3) is 55.0 Å². The van der Waals surface area contributed by atoms with Gasteiger partial charge < -0.3 is 9.13 Å². The lowest BCUT2D eigenvalue weighted by atomic mass is 10.1. The Bertz CT molecular complexity index is 1760. The van der Waals surface area contributed by atoms with Crippen LogP contribution in [-0.4, -0.2) is 9.13 Å². The molecule has 0 amide bonds. The molecule has 0 aliphatic rings. The van der Waals surface area contributed by atoms with Crippen LogP contribution in [0.2, 0.25) is 0 Å². The van der Waals surface area contributed by atoms with Gasteiger partial charge in [0.2, 0.25) is 0 Å². The lowest BCUT2D eigenvalue weighted by Gasteiger charge is -2.11. The molecule has 2 aromatic heterocycles. The Balaban J connectivity index is 1.62. The quantitative estimate of drug-likeness (QED) is 0.266. The third-order valence-corrected chi connectivity index (χ3v) is 6.76. The minimum Gasteiger partial charge on any atom is -0.309 e. The van der Waals surface area contributed by atoms with Gasteiger partial charge in [-0.05, 0) is 55.0 Å². The summed E-state index contributed by atoms with van der Waals surface area (Å²) in [5, 5.41) is 5.13. The molecule has 0 bridgehead atoms. The van der Waals surface area contributed by atoms with E-state index < -0.39 is 0 Å². The zero-order valence-corrected chi connectivity index (χ0v) is 18.4. The Morgan fingerprint density at radius 3 is 1.61 bits per heavy atom. The Labute approximate surface area is 191 Å². The first-order chi connectivity index (χ1) is 16.3. The van der Waals surface area contributed by atoms with E-state index >= 15 is 0 Å². The maximum absolute atomic E-state index is 2.40. The van der Waals surface area contributed by atoms with Crippen molar-refractivity contribution in [2.45, 2.75) is 6.92 Å². The van der Waals surface area contributed by atoms with Crippen molar-refractivity contribution in [3.63, 3.8) is 0 Å². The summed E-state index contributed by atoms with van der Waals surface area (Å²) >= 11 is 0. The fourth-order valence-electron chi connectivity index (χ4n) is 5.31. The molecule has 33 heavy (non-hydrogen) atoms. The summed E-state index contributed by atoms with van der Waals surface area (Å²) in [6.45, 7) is 2.16. The van der Waals surface area contributed by atoms with Gasteiger partial charge in [-0.25, -0.2) is 0 Å². The number of fused-ring (bicyclic) bond motifs is 6. The van der Waals surface area contributed by atoms with E-state index in [0.29, 0.717) is 0 Å². The average Bonchev–Trinajstić information content (AvgIpc) is 3.36. The number of nitrogens with zero attached hydrogens (tertiary/aromatic N) is 2. The summed E-state index contributed by atoms with van der Waals surface area (Å²) in [4.78, 5) is 0. The second kappa shape index (κ2) is 6.85. The van der Waals surface area contributed by atoms with Gasteiger partial charge in [0.25, 0.3) is 0 Å². The highest BCUT2D eigenvalue weighted by atomic mass is 15.0. The molecule has 2 nitrogen and oxygen atoms in total. The van der Waals surface area contributed by atoms with Gasteiger partial charge in [-0.1, -0.05) is 72.8 Å². The predicted molar refractivity (Wildman–Crippen MR) is 140 cm³/mol. The minimum absolute atomic E-state index is 1.18. The summed E-state index contributed by atoms with van der Waals surface area (Å²) in [6.07, 6.45) is 0. The molecule has 156 valence electrons. The average molecular weight is 423 g/mol. The standard InChI is InChI=1S/C31H22N2/c1-21-15-17-26-27-18-16-23(20-31(27)32(30(26)19-21)22-9-3-2-4-10-22)33-28-13-7-5-11-24(28)25-12-6-8-14-29(25)33/h2-20H,1H3. The molecular formula is C31H22N2. The van der Waals surface area contributed by atoms with Gasteiger partial charge >= 0.3 is 0 Å². The molecular weight excluding hydrogens is 400 g/mol. The highest BCUT2D eigenvalue weighted by molar-refractivity contribution is 6.12. The van der Waals surface area contributed by atoms with Crippen LogP contribution in [0.3, 0.4) is 0 Å². The van der Waals surface area contributed by atoms with Gasteiger partial charge in [0, 0.05) is 32.9 Å². The third kappa shape index (κ3) is 2.61. The number of aryl methyl sites for hydroxylation is 1. The van der Waals surface area contributed by atoms with Crippen LogP contribution in [0, 0.1) is 6.92 Å². The molecule has 0 saturated heterocycles. The number of hydrogen-bond donors (Lipinski definition) is 0. The largest absolute Gasteiger partial charge is 0.309 e. The first-order valence-electron chi connectivity index (χ1n) is 11.4. The lowest BCUT2D eigenvalue weighted by Crippen LogP contribution is -1.96. The van der Waals surface area contributed by atoms with Gasteiger partial charge in [-0.2, -0.15) is 0 Å². The van der Waals surface area contributed by atoms with E-state index in [0.717, 1.165) is 0 Å². The molecule has 0 aliphatic carbocycles. The highest BCUT2D eigenvalue weighted by Gasteiger charge is 2.16. The molecule has 2 heterocycles. The Morgan fingerprint density at radius 1 is 0.394 bits per heavy atom. The van der Waals surface area contributed by atoms with Gasteiger partial charge in [0.15, 0.2) is 0 Å². The van der Waals surface area contributed by atoms with Crippen molar-refractivity contribution >= 4 is 43.6 Å². The fraction of sp³-hybridized carbons (Fsp3) is 0.0323. The molecule has 0 saturated carbocycles. The second-order valence-electron chi connectivity index (χ2n) is 8.76. The maximum atomic E-state index is 2.40. The van der Waals surface area contributed by atoms with Crippen molar-refractivity contribution in [1.29, 1.82) is 0 Å². The minimum atomic E-state index is 1.18. The Hall–Kier alpha value is -4.30. The summed E-state index contributed by atoms with van der Waals surface area (Å²) in [7, 11) is 0. The molecule has 7 aromatic rings. The molecule has 5 aromatic carbocycles. The van der Waals surface area contributed by atoms with Crippen LogP contribution in [0.1, 0.15) is 5.56 Å². The van der Waals surface area contributed by atoms with Gasteiger partial charge in [-0.15, -0.1) is 0 Å². The maximum Gasteiger partial charge on any atom is 0.0561 e. The topological polar surface area (TPSA) is 9.86 Å². The summed E-state index contributed by atoms with van der Waals surface area (Å²) in [5.41, 5.74) is 8.56. The van der Waals surface area contributed by atoms with Crippen molar-refractivity contribution in [3.05, 3.63) is 121 Å². The van der Waals surface area contributed by atoms with E-state index in [9.17, 15) is 0 Å². The predicted octanol–water partition coefficient (Wildman–Crippen LogP) is 8.19. The molecule has 7 rings (SSSR count). The lowest BCUT2D eigenvalue weighted by molar-refractivity contribution is 1.15. The molecule has 0 radical (unpaired) electrons. The zero-order valence-electron chi connectivity index (χ0n) is 18.4. The van der Waals surface area contributed by atoms with E-state index in [4.69, 9.17) is 0 Å². The van der Waals surface area contributed by atoms with E-state index in [-0.39, 0.29) is 0 Å². The molecule has 0 unspecified atom stereocenters. The first-order valence-corrected chi connectivity index (χ1v) is 11.4. The monoisotopic (exact) mass is 422 g/mol. The van der Waals surface area contributed by atoms with Crippen LogP contribution in [0.4, 0.5) is 0 Å². The van der Waals surface area contributed by atoms with Gasteiger partial charge in [0.1, 0.15) is 0 Å². The number of para-hydroxylation sites is 3. The van der Waals surface area contributed by atoms with Crippen molar-refractivity contribution < 1.29 is 0 Å². The van der Waals surface area contributed by atoms with Crippen LogP contribution < -0.4 is 0 Å². The normalized spacial score (nSPS) is 11.8. The molecule has 0 spiro atoms. The van der Waals surface area contributed by atoms with Crippen LogP contribution in [0.15, 0.2) is 115 Å². The van der Waals surface area contributed by atoms with E-state index in [2.05, 4.69) is 131 Å². The van der Waals surface area contributed by atoms with E-state index in [1.807, 2.05) is 0 Å². The molecule has 2 heteroatoms. The van der Waals surface area contributed by atoms with Crippen LogP contribution in [-0.2, 0) is 0 Å². The fourth-order valence-corrected chi connectivity index (χ4v) is 5.31. The molecule has 0 aliphatic heterocycles. The molecule has 0 atom stereocenters. The third-order valence-electron chi connectivity index (χ3n) is 6.76. The van der Waals surface area contributed by atoms with Crippen molar-refractivity contribution in [2.24, 2.45) is 0 Å². The second-order valence-corrected chi connectivity index (χ2v) is 8.76. The number of aromatic nitrogens is 2. The van der Waals surface area contributed by atoms with Gasteiger partial charge in [-0.3, -0.25) is 0 Å². The summed E-state index contributed by atoms with van der Waals surface area (Å²) in [5.74, 6) is 0. The smallest absolute Gasteiger partial charge is 0.0561 e. The molecule has 0 fully saturated rings.